The molecule has 1 fully saturated rings. The first kappa shape index (κ1) is 16.8. The summed E-state index contributed by atoms with van der Waals surface area (Å²) in [5, 5.41) is 0. The predicted molar refractivity (Wildman–Crippen MR) is 88.0 cm³/mol. The van der Waals surface area contributed by atoms with Gasteiger partial charge in [0, 0.05) is 18.2 Å². The first-order valence-corrected chi connectivity index (χ1v) is 8.37. The van der Waals surface area contributed by atoms with Crippen LogP contribution in [0.5, 0.6) is 11.5 Å². The number of likely N-dealkylation sites (tertiary alicyclic amines) is 1. The number of aldehydes is 1. The lowest BCUT2D eigenvalue weighted by Crippen LogP contribution is -2.41. The molecule has 1 aromatic carbocycles. The van der Waals surface area contributed by atoms with E-state index in [9.17, 15) is 4.79 Å². The molecule has 1 saturated heterocycles. The van der Waals surface area contributed by atoms with Gasteiger partial charge in [-0.1, -0.05) is 13.3 Å². The lowest BCUT2D eigenvalue weighted by atomic mass is 10.0. The van der Waals surface area contributed by atoms with Crippen molar-refractivity contribution in [1.82, 2.24) is 4.90 Å². The predicted octanol–water partition coefficient (Wildman–Crippen LogP) is 3.54. The third-order valence-electron chi connectivity index (χ3n) is 4.26. The molecular weight excluding hydrogens is 278 g/mol. The fraction of sp³-hybridized carbons (Fsp3) is 0.611. The molecule has 0 aliphatic carbocycles. The van der Waals surface area contributed by atoms with Gasteiger partial charge < -0.3 is 9.47 Å². The highest BCUT2D eigenvalue weighted by Gasteiger charge is 2.20. The minimum absolute atomic E-state index is 0.558. The highest BCUT2D eigenvalue weighted by atomic mass is 16.5. The van der Waals surface area contributed by atoms with Crippen LogP contribution in [-0.4, -0.2) is 43.5 Å². The van der Waals surface area contributed by atoms with Gasteiger partial charge in [0.1, 0.15) is 12.9 Å². The van der Waals surface area contributed by atoms with Crippen molar-refractivity contribution in [2.75, 3.05) is 26.3 Å². The second-order valence-electron chi connectivity index (χ2n) is 5.70. The molecule has 0 bridgehead atoms. The second kappa shape index (κ2) is 8.79. The molecule has 122 valence electrons. The van der Waals surface area contributed by atoms with Gasteiger partial charge in [-0.15, -0.1) is 0 Å². The van der Waals surface area contributed by atoms with Gasteiger partial charge in [0.05, 0.1) is 6.61 Å². The van der Waals surface area contributed by atoms with Crippen LogP contribution in [-0.2, 0) is 0 Å². The molecule has 0 radical (unpaired) electrons. The van der Waals surface area contributed by atoms with Crippen LogP contribution in [0.1, 0.15) is 49.9 Å². The van der Waals surface area contributed by atoms with Gasteiger partial charge in [-0.05, 0) is 50.9 Å². The smallest absolute Gasteiger partial charge is 0.161 e. The van der Waals surface area contributed by atoms with E-state index in [1.165, 1.54) is 32.2 Å². The molecule has 0 N–H and O–H groups in total. The fourth-order valence-corrected chi connectivity index (χ4v) is 3.08. The van der Waals surface area contributed by atoms with Crippen LogP contribution >= 0.6 is 0 Å². The summed E-state index contributed by atoms with van der Waals surface area (Å²) in [6, 6.07) is 6.02. The molecule has 1 aliphatic heterocycles. The highest BCUT2D eigenvalue weighted by Crippen LogP contribution is 2.28. The quantitative estimate of drug-likeness (QED) is 0.689. The zero-order valence-corrected chi connectivity index (χ0v) is 13.7. The second-order valence-corrected chi connectivity index (χ2v) is 5.70. The van der Waals surface area contributed by atoms with Crippen LogP contribution in [0.25, 0.3) is 0 Å². The topological polar surface area (TPSA) is 38.8 Å². The number of piperidine rings is 1. The molecule has 0 aromatic heterocycles. The van der Waals surface area contributed by atoms with E-state index in [-0.39, 0.29) is 0 Å². The minimum atomic E-state index is 0.558. The Labute approximate surface area is 133 Å². The molecule has 0 spiro atoms. The molecule has 0 saturated carbocycles. The number of carbonyl (C=O) groups is 1. The van der Waals surface area contributed by atoms with E-state index in [1.807, 2.05) is 13.0 Å². The third kappa shape index (κ3) is 4.47. The van der Waals surface area contributed by atoms with E-state index in [2.05, 4.69) is 11.8 Å². The van der Waals surface area contributed by atoms with Gasteiger partial charge in [-0.3, -0.25) is 9.69 Å². The van der Waals surface area contributed by atoms with E-state index in [0.717, 1.165) is 18.6 Å². The fourth-order valence-electron chi connectivity index (χ4n) is 3.08. The number of carbonyl (C=O) groups excluding carboxylic acids is 1. The first-order chi connectivity index (χ1) is 10.8. The maximum atomic E-state index is 10.9. The zero-order chi connectivity index (χ0) is 15.8. The number of hydrogen-bond acceptors (Lipinski definition) is 4. The average Bonchev–Trinajstić information content (AvgIpc) is 2.56. The van der Waals surface area contributed by atoms with Crippen molar-refractivity contribution in [3.05, 3.63) is 23.8 Å². The summed E-state index contributed by atoms with van der Waals surface area (Å²) in [5.41, 5.74) is 0.609. The molecule has 1 atom stereocenters. The van der Waals surface area contributed by atoms with Crippen LogP contribution < -0.4 is 9.47 Å². The van der Waals surface area contributed by atoms with Gasteiger partial charge in [0.2, 0.25) is 0 Å². The van der Waals surface area contributed by atoms with Crippen molar-refractivity contribution in [1.29, 1.82) is 0 Å². The van der Waals surface area contributed by atoms with Gasteiger partial charge in [0.25, 0.3) is 0 Å². The summed E-state index contributed by atoms with van der Waals surface area (Å²) in [7, 11) is 0. The van der Waals surface area contributed by atoms with Crippen molar-refractivity contribution >= 4 is 6.29 Å². The van der Waals surface area contributed by atoms with Crippen molar-refractivity contribution in [2.24, 2.45) is 0 Å². The monoisotopic (exact) mass is 305 g/mol. The number of nitrogens with zero attached hydrogens (tertiary/aromatic N) is 1. The van der Waals surface area contributed by atoms with Gasteiger partial charge >= 0.3 is 0 Å². The summed E-state index contributed by atoms with van der Waals surface area (Å²) >= 11 is 0. The molecule has 1 aliphatic rings. The summed E-state index contributed by atoms with van der Waals surface area (Å²) in [6.07, 6.45) is 5.96. The largest absolute Gasteiger partial charge is 0.490 e. The maximum absolute atomic E-state index is 10.9. The molecule has 0 unspecified atom stereocenters. The molecule has 1 aromatic rings. The highest BCUT2D eigenvalue weighted by molar-refractivity contribution is 5.76. The Hall–Kier alpha value is -1.55. The molecular formula is C18H27NO3. The Bertz CT molecular complexity index is 475. The Balaban J connectivity index is 1.91. The standard InChI is InChI=1S/C18H27NO3/c1-3-16-7-5-6-10-19(16)11-12-22-17-9-8-15(14-20)13-18(17)21-4-2/h8-9,13-14,16H,3-7,10-12H2,1-2H3/t16-/m0/s1. The summed E-state index contributed by atoms with van der Waals surface area (Å²) in [6.45, 7) is 7.51. The van der Waals surface area contributed by atoms with Crippen molar-refractivity contribution in [2.45, 2.75) is 45.6 Å². The van der Waals surface area contributed by atoms with Crippen LogP contribution in [0.15, 0.2) is 18.2 Å². The van der Waals surface area contributed by atoms with E-state index < -0.39 is 0 Å². The molecule has 0 amide bonds. The third-order valence-corrected chi connectivity index (χ3v) is 4.26. The Morgan fingerprint density at radius 3 is 2.82 bits per heavy atom. The minimum Gasteiger partial charge on any atom is -0.490 e. The van der Waals surface area contributed by atoms with E-state index in [4.69, 9.17) is 9.47 Å². The molecule has 2 rings (SSSR count). The van der Waals surface area contributed by atoms with Crippen LogP contribution in [0.4, 0.5) is 0 Å². The van der Waals surface area contributed by atoms with E-state index in [0.29, 0.717) is 30.6 Å². The van der Waals surface area contributed by atoms with Gasteiger partial charge in [-0.2, -0.15) is 0 Å². The molecule has 1 heterocycles. The van der Waals surface area contributed by atoms with Gasteiger partial charge in [0.15, 0.2) is 11.5 Å². The number of hydrogen-bond donors (Lipinski definition) is 0. The van der Waals surface area contributed by atoms with Crippen LogP contribution in [0, 0.1) is 0 Å². The molecule has 22 heavy (non-hydrogen) atoms. The Morgan fingerprint density at radius 1 is 1.23 bits per heavy atom. The Kier molecular flexibility index (Phi) is 6.72. The lowest BCUT2D eigenvalue weighted by Gasteiger charge is -2.35. The van der Waals surface area contributed by atoms with Crippen molar-refractivity contribution in [3.8, 4) is 11.5 Å². The average molecular weight is 305 g/mol. The van der Waals surface area contributed by atoms with Crippen LogP contribution in [0.2, 0.25) is 0 Å². The summed E-state index contributed by atoms with van der Waals surface area (Å²) < 4.78 is 11.5. The zero-order valence-electron chi connectivity index (χ0n) is 13.7. The summed E-state index contributed by atoms with van der Waals surface area (Å²) in [5.74, 6) is 1.37. The van der Waals surface area contributed by atoms with Crippen molar-refractivity contribution < 1.29 is 14.3 Å². The van der Waals surface area contributed by atoms with Crippen LogP contribution in [0.3, 0.4) is 0 Å². The number of benzene rings is 1. The normalized spacial score (nSPS) is 18.9. The van der Waals surface area contributed by atoms with Crippen molar-refractivity contribution in [3.63, 3.8) is 0 Å². The number of ether oxygens (including phenoxy) is 2. The van der Waals surface area contributed by atoms with Gasteiger partial charge in [-0.25, -0.2) is 0 Å². The Morgan fingerprint density at radius 2 is 2.09 bits per heavy atom. The SMILES string of the molecule is CCOc1cc(C=O)ccc1OCCN1CCCC[C@@H]1CC. The lowest BCUT2D eigenvalue weighted by molar-refractivity contribution is 0.112. The molecule has 4 nitrogen and oxygen atoms in total. The molecule has 4 heteroatoms. The number of rotatable bonds is 8. The van der Waals surface area contributed by atoms with E-state index in [1.54, 1.807) is 12.1 Å². The first-order valence-electron chi connectivity index (χ1n) is 8.37. The summed E-state index contributed by atoms with van der Waals surface area (Å²) in [4.78, 5) is 13.4. The maximum Gasteiger partial charge on any atom is 0.161 e. The van der Waals surface area contributed by atoms with E-state index >= 15 is 0 Å².